The second-order valence-corrected chi connectivity index (χ2v) is 6.13. The smallest absolute Gasteiger partial charge is 0.134 e. The number of ether oxygens (including phenoxy) is 1. The maximum Gasteiger partial charge on any atom is 0.134 e. The minimum atomic E-state index is 0.198. The van der Waals surface area contributed by atoms with Gasteiger partial charge in [0, 0.05) is 12.1 Å². The van der Waals surface area contributed by atoms with E-state index >= 15 is 0 Å². The highest BCUT2D eigenvalue weighted by molar-refractivity contribution is 5.44. The highest BCUT2D eigenvalue weighted by Crippen LogP contribution is 2.32. The SMILES string of the molecule is CCC(C)(C)c1ccc(Oc2c(C)cccc2CN)cc1. The molecule has 0 aromatic heterocycles. The number of nitrogens with two attached hydrogens (primary N) is 1. The van der Waals surface area contributed by atoms with Crippen molar-refractivity contribution in [3.05, 3.63) is 59.2 Å². The molecule has 0 saturated heterocycles. The number of rotatable bonds is 5. The summed E-state index contributed by atoms with van der Waals surface area (Å²) in [4.78, 5) is 0. The van der Waals surface area contributed by atoms with Crippen LogP contribution in [0.1, 0.15) is 43.9 Å². The topological polar surface area (TPSA) is 35.2 Å². The molecule has 2 N–H and O–H groups in total. The first-order valence-corrected chi connectivity index (χ1v) is 7.55. The number of aryl methyl sites for hydroxylation is 1. The standard InChI is InChI=1S/C19H25NO/c1-5-19(3,4)16-9-11-17(12-10-16)21-18-14(2)7-6-8-15(18)13-20/h6-12H,5,13,20H2,1-4H3. The molecule has 21 heavy (non-hydrogen) atoms. The molecule has 2 rings (SSSR count). The van der Waals surface area contributed by atoms with E-state index in [1.807, 2.05) is 37.3 Å². The molecular formula is C19H25NO. The van der Waals surface area contributed by atoms with Gasteiger partial charge in [0.1, 0.15) is 11.5 Å². The Balaban J connectivity index is 2.26. The van der Waals surface area contributed by atoms with Crippen LogP contribution in [0.25, 0.3) is 0 Å². The van der Waals surface area contributed by atoms with E-state index in [2.05, 4.69) is 32.9 Å². The highest BCUT2D eigenvalue weighted by atomic mass is 16.5. The average molecular weight is 283 g/mol. The summed E-state index contributed by atoms with van der Waals surface area (Å²) in [6.45, 7) is 9.26. The lowest BCUT2D eigenvalue weighted by Crippen LogP contribution is -2.14. The molecule has 0 atom stereocenters. The van der Waals surface area contributed by atoms with Crippen molar-refractivity contribution in [1.82, 2.24) is 0 Å². The minimum absolute atomic E-state index is 0.198. The van der Waals surface area contributed by atoms with Gasteiger partial charge in [0.2, 0.25) is 0 Å². The van der Waals surface area contributed by atoms with E-state index in [0.29, 0.717) is 6.54 Å². The van der Waals surface area contributed by atoms with E-state index < -0.39 is 0 Å². The summed E-state index contributed by atoms with van der Waals surface area (Å²) in [5, 5.41) is 0. The van der Waals surface area contributed by atoms with Crippen LogP contribution < -0.4 is 10.5 Å². The molecule has 2 nitrogen and oxygen atoms in total. The number of benzene rings is 2. The lowest BCUT2D eigenvalue weighted by atomic mass is 9.82. The minimum Gasteiger partial charge on any atom is -0.457 e. The zero-order valence-corrected chi connectivity index (χ0v) is 13.4. The van der Waals surface area contributed by atoms with Gasteiger partial charge in [-0.3, -0.25) is 0 Å². The van der Waals surface area contributed by atoms with E-state index in [4.69, 9.17) is 10.5 Å². The van der Waals surface area contributed by atoms with Crippen LogP contribution >= 0.6 is 0 Å². The maximum atomic E-state index is 6.05. The Morgan fingerprint density at radius 1 is 1.05 bits per heavy atom. The first kappa shape index (κ1) is 15.6. The largest absolute Gasteiger partial charge is 0.457 e. The summed E-state index contributed by atoms with van der Waals surface area (Å²) in [5.41, 5.74) is 9.47. The van der Waals surface area contributed by atoms with E-state index in [-0.39, 0.29) is 5.41 Å². The predicted octanol–water partition coefficient (Wildman–Crippen LogP) is 4.93. The van der Waals surface area contributed by atoms with Crippen LogP contribution in [0, 0.1) is 6.92 Å². The van der Waals surface area contributed by atoms with Crippen molar-refractivity contribution in [3.63, 3.8) is 0 Å². The lowest BCUT2D eigenvalue weighted by molar-refractivity contribution is 0.469. The molecular weight excluding hydrogens is 258 g/mol. The quantitative estimate of drug-likeness (QED) is 0.844. The molecule has 2 aromatic carbocycles. The molecule has 2 aromatic rings. The van der Waals surface area contributed by atoms with Gasteiger partial charge in [0.15, 0.2) is 0 Å². The summed E-state index contributed by atoms with van der Waals surface area (Å²) in [6.07, 6.45) is 1.11. The molecule has 0 spiro atoms. The molecule has 0 amide bonds. The van der Waals surface area contributed by atoms with Gasteiger partial charge in [-0.25, -0.2) is 0 Å². The summed E-state index contributed by atoms with van der Waals surface area (Å²) >= 11 is 0. The molecule has 0 saturated carbocycles. The third kappa shape index (κ3) is 3.45. The molecule has 0 fully saturated rings. The van der Waals surface area contributed by atoms with Crippen molar-refractivity contribution in [3.8, 4) is 11.5 Å². The van der Waals surface area contributed by atoms with Gasteiger partial charge >= 0.3 is 0 Å². The third-order valence-electron chi connectivity index (χ3n) is 4.25. The second kappa shape index (κ2) is 6.31. The second-order valence-electron chi connectivity index (χ2n) is 6.13. The summed E-state index contributed by atoms with van der Waals surface area (Å²) in [5.74, 6) is 1.73. The Hall–Kier alpha value is -1.80. The zero-order chi connectivity index (χ0) is 15.5. The normalized spacial score (nSPS) is 11.5. The Bertz CT molecular complexity index is 599. The van der Waals surface area contributed by atoms with Gasteiger partial charge < -0.3 is 10.5 Å². The van der Waals surface area contributed by atoms with Gasteiger partial charge in [-0.1, -0.05) is 51.1 Å². The van der Waals surface area contributed by atoms with Crippen LogP contribution in [0.2, 0.25) is 0 Å². The van der Waals surface area contributed by atoms with Gasteiger partial charge in [-0.05, 0) is 42.0 Å². The molecule has 0 heterocycles. The van der Waals surface area contributed by atoms with Gasteiger partial charge in [0.25, 0.3) is 0 Å². The molecule has 112 valence electrons. The fourth-order valence-corrected chi connectivity index (χ4v) is 2.32. The van der Waals surface area contributed by atoms with Crippen LogP contribution in [-0.2, 0) is 12.0 Å². The van der Waals surface area contributed by atoms with Gasteiger partial charge in [0.05, 0.1) is 0 Å². The van der Waals surface area contributed by atoms with Crippen molar-refractivity contribution in [1.29, 1.82) is 0 Å². The van der Waals surface area contributed by atoms with Crippen LogP contribution in [-0.4, -0.2) is 0 Å². The summed E-state index contributed by atoms with van der Waals surface area (Å²) in [6, 6.07) is 14.5. The zero-order valence-electron chi connectivity index (χ0n) is 13.4. The van der Waals surface area contributed by atoms with E-state index in [1.165, 1.54) is 5.56 Å². The first-order chi connectivity index (χ1) is 9.97. The van der Waals surface area contributed by atoms with Crippen molar-refractivity contribution < 1.29 is 4.74 Å². The van der Waals surface area contributed by atoms with Crippen molar-refractivity contribution in [2.24, 2.45) is 5.73 Å². The Morgan fingerprint density at radius 2 is 1.71 bits per heavy atom. The molecule has 0 unspecified atom stereocenters. The molecule has 0 radical (unpaired) electrons. The lowest BCUT2D eigenvalue weighted by Gasteiger charge is -2.23. The maximum absolute atomic E-state index is 6.05. The molecule has 0 bridgehead atoms. The fourth-order valence-electron chi connectivity index (χ4n) is 2.32. The highest BCUT2D eigenvalue weighted by Gasteiger charge is 2.17. The molecule has 2 heteroatoms. The van der Waals surface area contributed by atoms with Crippen molar-refractivity contribution in [2.45, 2.75) is 46.1 Å². The van der Waals surface area contributed by atoms with Crippen LogP contribution in [0.4, 0.5) is 0 Å². The number of para-hydroxylation sites is 1. The number of hydrogen-bond acceptors (Lipinski definition) is 2. The summed E-state index contributed by atoms with van der Waals surface area (Å²) in [7, 11) is 0. The van der Waals surface area contributed by atoms with Gasteiger partial charge in [-0.15, -0.1) is 0 Å². The van der Waals surface area contributed by atoms with E-state index in [1.54, 1.807) is 0 Å². The Morgan fingerprint density at radius 3 is 2.29 bits per heavy atom. The van der Waals surface area contributed by atoms with E-state index in [0.717, 1.165) is 29.0 Å². The average Bonchev–Trinajstić information content (AvgIpc) is 2.50. The fraction of sp³-hybridized carbons (Fsp3) is 0.368. The third-order valence-corrected chi connectivity index (χ3v) is 4.25. The first-order valence-electron chi connectivity index (χ1n) is 7.55. The molecule has 0 aliphatic rings. The van der Waals surface area contributed by atoms with E-state index in [9.17, 15) is 0 Å². The molecule has 0 aliphatic carbocycles. The van der Waals surface area contributed by atoms with Crippen LogP contribution in [0.5, 0.6) is 11.5 Å². The predicted molar refractivity (Wildman–Crippen MR) is 88.9 cm³/mol. The van der Waals surface area contributed by atoms with Crippen LogP contribution in [0.15, 0.2) is 42.5 Å². The monoisotopic (exact) mass is 283 g/mol. The van der Waals surface area contributed by atoms with Crippen LogP contribution in [0.3, 0.4) is 0 Å². The summed E-state index contributed by atoms with van der Waals surface area (Å²) < 4.78 is 6.05. The van der Waals surface area contributed by atoms with Crippen molar-refractivity contribution in [2.75, 3.05) is 0 Å². The Labute approximate surface area is 127 Å². The van der Waals surface area contributed by atoms with Crippen molar-refractivity contribution >= 4 is 0 Å². The molecule has 0 aliphatic heterocycles. The Kier molecular flexibility index (Phi) is 4.69. The number of hydrogen-bond donors (Lipinski definition) is 1. The van der Waals surface area contributed by atoms with Gasteiger partial charge in [-0.2, -0.15) is 0 Å².